The summed E-state index contributed by atoms with van der Waals surface area (Å²) in [4.78, 5) is 31.8. The van der Waals surface area contributed by atoms with Gasteiger partial charge in [-0.15, -0.1) is 0 Å². The number of carbonyl (C=O) groups excluding carboxylic acids is 2. The molecule has 0 spiro atoms. The largest absolute Gasteiger partial charge is 0.504 e. The molecule has 2 aromatic rings. The van der Waals surface area contributed by atoms with E-state index in [2.05, 4.69) is 0 Å². The van der Waals surface area contributed by atoms with Crippen molar-refractivity contribution in [2.45, 2.75) is 44.9 Å². The van der Waals surface area contributed by atoms with Crippen LogP contribution in [-0.4, -0.2) is 50.5 Å². The highest BCUT2D eigenvalue weighted by Gasteiger charge is 2.45. The van der Waals surface area contributed by atoms with Gasteiger partial charge in [0.25, 0.3) is 0 Å². The molecule has 1 aliphatic heterocycles. The van der Waals surface area contributed by atoms with Crippen LogP contribution in [0.25, 0.3) is 0 Å². The fraction of sp³-hybridized carbons (Fsp3) is 0.414. The number of hydrogen-bond acceptors (Lipinski definition) is 8. The average molecular weight is 508 g/mol. The Balaban J connectivity index is 1.79. The second-order valence-corrected chi connectivity index (χ2v) is 9.31. The molecule has 1 N–H and O–H groups in total. The van der Waals surface area contributed by atoms with Crippen LogP contribution in [-0.2, 0) is 14.3 Å². The highest BCUT2D eigenvalue weighted by Crippen LogP contribution is 2.48. The first-order chi connectivity index (χ1) is 17.8. The summed E-state index contributed by atoms with van der Waals surface area (Å²) in [5.41, 5.74) is 3.43. The quantitative estimate of drug-likeness (QED) is 0.505. The van der Waals surface area contributed by atoms with Crippen LogP contribution < -0.4 is 14.2 Å². The number of Topliss-reactive ketones (excluding diaryl/α,β-unsaturated/α-hetero) is 1. The minimum absolute atomic E-state index is 0.0183. The molecule has 1 aliphatic carbocycles. The smallest absolute Gasteiger partial charge is 0.315 e. The van der Waals surface area contributed by atoms with E-state index in [1.54, 1.807) is 33.3 Å². The Morgan fingerprint density at radius 3 is 2.32 bits per heavy atom. The zero-order chi connectivity index (χ0) is 26.7. The maximum Gasteiger partial charge on any atom is 0.315 e. The van der Waals surface area contributed by atoms with Crippen LogP contribution in [0.4, 0.5) is 0 Å². The molecule has 0 amide bonds. The van der Waals surface area contributed by atoms with Gasteiger partial charge in [0.05, 0.1) is 27.9 Å². The number of rotatable bonds is 8. The Hall–Kier alpha value is -3.81. The van der Waals surface area contributed by atoms with Gasteiger partial charge in [0.15, 0.2) is 28.8 Å². The number of phenolic OH excluding ortho intramolecular Hbond substituents is 1. The van der Waals surface area contributed by atoms with Crippen molar-refractivity contribution in [3.05, 3.63) is 58.8 Å². The summed E-state index contributed by atoms with van der Waals surface area (Å²) in [5, 5.41) is 10.2. The van der Waals surface area contributed by atoms with E-state index in [1.807, 2.05) is 25.1 Å². The van der Waals surface area contributed by atoms with E-state index in [4.69, 9.17) is 23.9 Å². The lowest BCUT2D eigenvalue weighted by atomic mass is 9.69. The van der Waals surface area contributed by atoms with Gasteiger partial charge in [-0.3, -0.25) is 14.6 Å². The number of hydrogen-bond donors (Lipinski definition) is 1. The molecule has 3 atom stereocenters. The molecule has 0 radical (unpaired) electrons. The lowest BCUT2D eigenvalue weighted by molar-refractivity contribution is -0.146. The van der Waals surface area contributed by atoms with E-state index in [1.165, 1.54) is 13.2 Å². The first-order valence-electron chi connectivity index (χ1n) is 12.4. The number of nitrogens with zero attached hydrogens (tertiary/aromatic N) is 1. The molecular formula is C29H33NO7. The summed E-state index contributed by atoms with van der Waals surface area (Å²) in [6, 6.07) is 10.6. The van der Waals surface area contributed by atoms with Crippen LogP contribution in [0.15, 0.2) is 52.7 Å². The number of ether oxygens (including phenoxy) is 4. The fourth-order valence-electron chi connectivity index (χ4n) is 5.25. The lowest BCUT2D eigenvalue weighted by Gasteiger charge is -2.36. The van der Waals surface area contributed by atoms with Crippen LogP contribution in [0, 0.1) is 5.92 Å². The van der Waals surface area contributed by atoms with Crippen molar-refractivity contribution in [1.29, 1.82) is 0 Å². The molecule has 0 fully saturated rings. The highest BCUT2D eigenvalue weighted by molar-refractivity contribution is 6.09. The van der Waals surface area contributed by atoms with E-state index < -0.39 is 17.8 Å². The molecule has 2 aliphatic rings. The SMILES string of the molecule is CCCOC(=O)C1C(C)=NC2=C(C(=O)C[C@H](c3ccc(OC)c(OC)c3)C2)[C@H]1c1ccc(O)c(OC)c1. The van der Waals surface area contributed by atoms with Crippen molar-refractivity contribution in [3.8, 4) is 23.0 Å². The molecule has 0 saturated carbocycles. The van der Waals surface area contributed by atoms with E-state index >= 15 is 0 Å². The predicted molar refractivity (Wildman–Crippen MR) is 139 cm³/mol. The molecular weight excluding hydrogens is 474 g/mol. The summed E-state index contributed by atoms with van der Waals surface area (Å²) in [6.45, 7) is 4.02. The summed E-state index contributed by atoms with van der Waals surface area (Å²) >= 11 is 0. The molecule has 37 heavy (non-hydrogen) atoms. The molecule has 4 rings (SSSR count). The first kappa shape index (κ1) is 26.3. The van der Waals surface area contributed by atoms with Gasteiger partial charge in [0.1, 0.15) is 5.92 Å². The van der Waals surface area contributed by atoms with Gasteiger partial charge in [0.2, 0.25) is 0 Å². The third-order valence-electron chi connectivity index (χ3n) is 7.03. The van der Waals surface area contributed by atoms with E-state index in [0.717, 1.165) is 5.56 Å². The standard InChI is InChI=1S/C29H33NO7/c1-6-11-37-29(33)26-16(2)30-20-12-19(17-8-10-23(34-3)25(14-17)36-5)13-22(32)28(20)27(26)18-7-9-21(31)24(15-18)35-4/h7-10,14-15,19,26-27,31H,6,11-13H2,1-5H3/t19-,26?,27+/m1/s1. The summed E-state index contributed by atoms with van der Waals surface area (Å²) < 4.78 is 21.7. The Morgan fingerprint density at radius 2 is 1.65 bits per heavy atom. The highest BCUT2D eigenvalue weighted by atomic mass is 16.5. The Bertz CT molecular complexity index is 1260. The molecule has 8 heteroatoms. The Labute approximate surface area is 216 Å². The van der Waals surface area contributed by atoms with Crippen LogP contribution in [0.1, 0.15) is 56.1 Å². The van der Waals surface area contributed by atoms with Crippen LogP contribution in [0.2, 0.25) is 0 Å². The molecule has 1 unspecified atom stereocenters. The average Bonchev–Trinajstić information content (AvgIpc) is 2.90. The van der Waals surface area contributed by atoms with Gasteiger partial charge in [-0.2, -0.15) is 0 Å². The van der Waals surface area contributed by atoms with E-state index in [0.29, 0.717) is 46.9 Å². The van der Waals surface area contributed by atoms with Crippen molar-refractivity contribution in [3.63, 3.8) is 0 Å². The van der Waals surface area contributed by atoms with Crippen molar-refractivity contribution in [2.75, 3.05) is 27.9 Å². The van der Waals surface area contributed by atoms with E-state index in [9.17, 15) is 14.7 Å². The zero-order valence-electron chi connectivity index (χ0n) is 21.9. The monoisotopic (exact) mass is 507 g/mol. The van der Waals surface area contributed by atoms with Gasteiger partial charge in [-0.05, 0) is 61.1 Å². The van der Waals surface area contributed by atoms with Gasteiger partial charge < -0.3 is 24.1 Å². The van der Waals surface area contributed by atoms with Gasteiger partial charge in [-0.25, -0.2) is 0 Å². The molecule has 0 saturated heterocycles. The van der Waals surface area contributed by atoms with E-state index in [-0.39, 0.29) is 36.2 Å². The minimum Gasteiger partial charge on any atom is -0.504 e. The lowest BCUT2D eigenvalue weighted by Crippen LogP contribution is -2.38. The predicted octanol–water partition coefficient (Wildman–Crippen LogP) is 4.95. The molecule has 0 bridgehead atoms. The molecule has 8 nitrogen and oxygen atoms in total. The number of allylic oxidation sites excluding steroid dienone is 2. The number of carbonyl (C=O) groups is 2. The second kappa shape index (κ2) is 11.1. The summed E-state index contributed by atoms with van der Waals surface area (Å²) in [7, 11) is 4.62. The Morgan fingerprint density at radius 1 is 0.973 bits per heavy atom. The molecule has 196 valence electrons. The Kier molecular flexibility index (Phi) is 7.86. The van der Waals surface area contributed by atoms with Gasteiger partial charge in [-0.1, -0.05) is 19.1 Å². The number of phenols is 1. The fourth-order valence-corrected chi connectivity index (χ4v) is 5.25. The molecule has 2 aromatic carbocycles. The molecule has 0 aromatic heterocycles. The van der Waals surface area contributed by atoms with Crippen molar-refractivity contribution < 1.29 is 33.6 Å². The second-order valence-electron chi connectivity index (χ2n) is 9.31. The van der Waals surface area contributed by atoms with Crippen LogP contribution in [0.5, 0.6) is 23.0 Å². The van der Waals surface area contributed by atoms with Gasteiger partial charge in [0, 0.05) is 29.3 Å². The first-order valence-corrected chi connectivity index (χ1v) is 12.4. The number of esters is 1. The number of aromatic hydroxyl groups is 1. The maximum absolute atomic E-state index is 13.8. The maximum atomic E-state index is 13.8. The van der Waals surface area contributed by atoms with Crippen molar-refractivity contribution in [1.82, 2.24) is 0 Å². The number of benzene rings is 2. The van der Waals surface area contributed by atoms with Gasteiger partial charge >= 0.3 is 5.97 Å². The van der Waals surface area contributed by atoms with Crippen molar-refractivity contribution in [2.24, 2.45) is 10.9 Å². The summed E-state index contributed by atoms with van der Waals surface area (Å²) in [5.74, 6) is -0.447. The summed E-state index contributed by atoms with van der Waals surface area (Å²) in [6.07, 6.45) is 1.49. The van der Waals surface area contributed by atoms with Crippen LogP contribution >= 0.6 is 0 Å². The number of ketones is 1. The van der Waals surface area contributed by atoms with Crippen LogP contribution in [0.3, 0.4) is 0 Å². The molecule has 1 heterocycles. The van der Waals surface area contributed by atoms with Crippen molar-refractivity contribution >= 4 is 17.5 Å². The number of methoxy groups -OCH3 is 3. The number of aliphatic imine (C=N–C) groups is 1. The minimum atomic E-state index is -0.749. The third kappa shape index (κ3) is 5.05. The third-order valence-corrected chi connectivity index (χ3v) is 7.03. The normalized spacial score (nSPS) is 21.2. The zero-order valence-corrected chi connectivity index (χ0v) is 21.9. The topological polar surface area (TPSA) is 104 Å².